The van der Waals surface area contributed by atoms with E-state index in [-0.39, 0.29) is 39.8 Å². The number of rotatable bonds is 4. The molecular formula is C18H23Br2FN6. The second-order valence-corrected chi connectivity index (χ2v) is 6.60. The van der Waals surface area contributed by atoms with Gasteiger partial charge in [-0.3, -0.25) is 4.57 Å². The Labute approximate surface area is 178 Å². The normalized spacial score (nSPS) is 19.2. The molecule has 3 aromatic rings. The first-order valence-corrected chi connectivity index (χ1v) is 8.58. The molecule has 1 fully saturated rings. The summed E-state index contributed by atoms with van der Waals surface area (Å²) in [4.78, 5) is 13.2. The number of halogens is 3. The highest BCUT2D eigenvalue weighted by atomic mass is 79.9. The number of benzene rings is 1. The van der Waals surface area contributed by atoms with Crippen molar-refractivity contribution in [3.63, 3.8) is 0 Å². The van der Waals surface area contributed by atoms with E-state index in [2.05, 4.69) is 32.5 Å². The molecule has 1 saturated heterocycles. The third kappa shape index (κ3) is 4.83. The summed E-state index contributed by atoms with van der Waals surface area (Å²) in [6.07, 6.45) is 4.30. The zero-order valence-electron chi connectivity index (χ0n) is 14.9. The molecule has 4 rings (SSSR count). The van der Waals surface area contributed by atoms with Gasteiger partial charge in [0.15, 0.2) is 5.65 Å². The van der Waals surface area contributed by atoms with Crippen molar-refractivity contribution >= 4 is 51.1 Å². The van der Waals surface area contributed by atoms with Crippen molar-refractivity contribution in [2.45, 2.75) is 25.9 Å². The molecule has 6 nitrogen and oxygen atoms in total. The molecule has 0 amide bonds. The minimum absolute atomic E-state index is 0. The summed E-state index contributed by atoms with van der Waals surface area (Å²) in [5.74, 6) is 1.07. The van der Waals surface area contributed by atoms with Gasteiger partial charge >= 0.3 is 0 Å². The molecule has 0 radical (unpaired) electrons. The molecular weight excluding hydrogens is 479 g/mol. The fraction of sp³-hybridized carbons (Fsp3) is 0.389. The van der Waals surface area contributed by atoms with E-state index in [4.69, 9.17) is 0 Å². The third-order valence-electron chi connectivity index (χ3n) is 4.76. The quantitative estimate of drug-likeness (QED) is 0.572. The number of hydrogen-bond acceptors (Lipinski definition) is 5. The van der Waals surface area contributed by atoms with E-state index in [0.717, 1.165) is 42.2 Å². The van der Waals surface area contributed by atoms with Gasteiger partial charge in [-0.25, -0.2) is 19.3 Å². The second kappa shape index (κ2) is 9.57. The van der Waals surface area contributed by atoms with Gasteiger partial charge in [-0.05, 0) is 43.1 Å². The maximum atomic E-state index is 13.2. The lowest BCUT2D eigenvalue weighted by atomic mass is 9.95. The van der Waals surface area contributed by atoms with Gasteiger partial charge in [0.25, 0.3) is 0 Å². The molecule has 0 bridgehead atoms. The SMILES string of the molecule is Br.Br.C[C@@H]1CNCC[C@@H]1Nc1nc2cncnc2n1Cc1ccc(F)cc1. The Bertz CT molecular complexity index is 870. The second-order valence-electron chi connectivity index (χ2n) is 6.60. The highest BCUT2D eigenvalue weighted by Gasteiger charge is 2.23. The van der Waals surface area contributed by atoms with Crippen LogP contribution in [0, 0.1) is 11.7 Å². The van der Waals surface area contributed by atoms with Crippen LogP contribution in [0.3, 0.4) is 0 Å². The molecule has 1 aliphatic rings. The Morgan fingerprint density at radius 1 is 1.26 bits per heavy atom. The fourth-order valence-electron chi connectivity index (χ4n) is 3.30. The summed E-state index contributed by atoms with van der Waals surface area (Å²) in [6.45, 7) is 4.81. The summed E-state index contributed by atoms with van der Waals surface area (Å²) in [5.41, 5.74) is 2.54. The van der Waals surface area contributed by atoms with Crippen LogP contribution < -0.4 is 10.6 Å². The summed E-state index contributed by atoms with van der Waals surface area (Å²) in [7, 11) is 0. The van der Waals surface area contributed by atoms with E-state index in [0.29, 0.717) is 18.5 Å². The average molecular weight is 502 g/mol. The number of aromatic nitrogens is 4. The van der Waals surface area contributed by atoms with Crippen molar-refractivity contribution in [3.05, 3.63) is 48.2 Å². The molecule has 2 atom stereocenters. The van der Waals surface area contributed by atoms with E-state index in [1.54, 1.807) is 18.3 Å². The van der Waals surface area contributed by atoms with Crippen molar-refractivity contribution in [2.24, 2.45) is 5.92 Å². The smallest absolute Gasteiger partial charge is 0.205 e. The van der Waals surface area contributed by atoms with Crippen molar-refractivity contribution in [1.82, 2.24) is 24.8 Å². The molecule has 2 N–H and O–H groups in total. The maximum Gasteiger partial charge on any atom is 0.205 e. The van der Waals surface area contributed by atoms with Gasteiger partial charge in [-0.1, -0.05) is 19.1 Å². The van der Waals surface area contributed by atoms with Gasteiger partial charge < -0.3 is 10.6 Å². The molecule has 0 saturated carbocycles. The summed E-state index contributed by atoms with van der Waals surface area (Å²) >= 11 is 0. The minimum atomic E-state index is -0.233. The molecule has 146 valence electrons. The first kappa shape index (κ1) is 21.7. The number of anilines is 1. The topological polar surface area (TPSA) is 67.7 Å². The van der Waals surface area contributed by atoms with Crippen molar-refractivity contribution in [2.75, 3.05) is 18.4 Å². The molecule has 0 unspecified atom stereocenters. The number of fused-ring (bicyclic) bond motifs is 1. The molecule has 1 aliphatic heterocycles. The predicted molar refractivity (Wildman–Crippen MR) is 116 cm³/mol. The highest BCUT2D eigenvalue weighted by Crippen LogP contribution is 2.22. The van der Waals surface area contributed by atoms with Crippen LogP contribution in [0.15, 0.2) is 36.8 Å². The van der Waals surface area contributed by atoms with E-state index >= 15 is 0 Å². The van der Waals surface area contributed by atoms with Gasteiger partial charge in [0.05, 0.1) is 12.7 Å². The van der Waals surface area contributed by atoms with Crippen LogP contribution in [0.1, 0.15) is 18.9 Å². The molecule has 0 spiro atoms. The Kier molecular flexibility index (Phi) is 7.69. The summed E-state index contributed by atoms with van der Waals surface area (Å²) in [6, 6.07) is 6.90. The standard InChI is InChI=1S/C18H21FN6.2BrH/c1-12-8-20-7-6-15(12)23-18-24-16-9-21-11-22-17(16)25(18)10-13-2-4-14(19)5-3-13;;/h2-5,9,11-12,15,20H,6-8,10H2,1H3,(H,23,24);2*1H/t12-,15+;;/m1../s1. The van der Waals surface area contributed by atoms with Crippen molar-refractivity contribution < 1.29 is 4.39 Å². The molecule has 2 aromatic heterocycles. The number of nitrogens with one attached hydrogen (secondary N) is 2. The lowest BCUT2D eigenvalue weighted by molar-refractivity contribution is 0.366. The Morgan fingerprint density at radius 3 is 2.78 bits per heavy atom. The third-order valence-corrected chi connectivity index (χ3v) is 4.76. The molecule has 1 aromatic carbocycles. The average Bonchev–Trinajstić information content (AvgIpc) is 2.96. The van der Waals surface area contributed by atoms with Crippen LogP contribution in [0.4, 0.5) is 10.3 Å². The number of hydrogen-bond donors (Lipinski definition) is 2. The first-order valence-electron chi connectivity index (χ1n) is 8.58. The lowest BCUT2D eigenvalue weighted by Gasteiger charge is -2.30. The Hall–Kier alpha value is -1.58. The van der Waals surface area contributed by atoms with Crippen LogP contribution in [-0.2, 0) is 6.54 Å². The zero-order valence-corrected chi connectivity index (χ0v) is 18.4. The largest absolute Gasteiger partial charge is 0.352 e. The Balaban J connectivity index is 0.00000131. The molecule has 0 aliphatic carbocycles. The molecule has 9 heteroatoms. The van der Waals surface area contributed by atoms with E-state index in [1.807, 2.05) is 4.57 Å². The van der Waals surface area contributed by atoms with Crippen LogP contribution in [0.25, 0.3) is 11.2 Å². The monoisotopic (exact) mass is 500 g/mol. The van der Waals surface area contributed by atoms with Crippen LogP contribution >= 0.6 is 34.0 Å². The predicted octanol–water partition coefficient (Wildman–Crippen LogP) is 3.58. The van der Waals surface area contributed by atoms with Gasteiger partial charge in [0.1, 0.15) is 17.7 Å². The molecule has 27 heavy (non-hydrogen) atoms. The van der Waals surface area contributed by atoms with Crippen LogP contribution in [0.5, 0.6) is 0 Å². The number of imidazole rings is 1. The van der Waals surface area contributed by atoms with Gasteiger partial charge in [-0.15, -0.1) is 34.0 Å². The van der Waals surface area contributed by atoms with Gasteiger partial charge in [0.2, 0.25) is 5.95 Å². The molecule has 3 heterocycles. The van der Waals surface area contributed by atoms with Crippen LogP contribution in [-0.4, -0.2) is 38.7 Å². The van der Waals surface area contributed by atoms with Gasteiger partial charge in [-0.2, -0.15) is 0 Å². The number of nitrogens with zero attached hydrogens (tertiary/aromatic N) is 4. The highest BCUT2D eigenvalue weighted by molar-refractivity contribution is 8.93. The van der Waals surface area contributed by atoms with E-state index < -0.39 is 0 Å². The maximum absolute atomic E-state index is 13.2. The van der Waals surface area contributed by atoms with Crippen LogP contribution in [0.2, 0.25) is 0 Å². The zero-order chi connectivity index (χ0) is 17.2. The van der Waals surface area contributed by atoms with Crippen molar-refractivity contribution in [3.8, 4) is 0 Å². The van der Waals surface area contributed by atoms with E-state index in [1.165, 1.54) is 18.5 Å². The van der Waals surface area contributed by atoms with E-state index in [9.17, 15) is 4.39 Å². The summed E-state index contributed by atoms with van der Waals surface area (Å²) in [5, 5.41) is 7.00. The summed E-state index contributed by atoms with van der Waals surface area (Å²) < 4.78 is 15.2. The van der Waals surface area contributed by atoms with Gasteiger partial charge in [0, 0.05) is 6.04 Å². The first-order chi connectivity index (χ1) is 12.2. The van der Waals surface area contributed by atoms with Crippen molar-refractivity contribution in [1.29, 1.82) is 0 Å². The minimum Gasteiger partial charge on any atom is -0.352 e. The lowest BCUT2D eigenvalue weighted by Crippen LogP contribution is -2.42. The fourth-order valence-corrected chi connectivity index (χ4v) is 3.30. The Morgan fingerprint density at radius 2 is 2.04 bits per heavy atom. The number of piperidine rings is 1.